The van der Waals surface area contributed by atoms with Gasteiger partial charge in [-0.3, -0.25) is 19.8 Å². The van der Waals surface area contributed by atoms with Crippen LogP contribution in [0.4, 0.5) is 4.79 Å². The quantitative estimate of drug-likeness (QED) is 0.747. The highest BCUT2D eigenvalue weighted by Gasteiger charge is 2.54. The van der Waals surface area contributed by atoms with Crippen LogP contribution in [-0.2, 0) is 19.1 Å². The first-order valence-electron chi connectivity index (χ1n) is 7.50. The lowest BCUT2D eigenvalue weighted by Crippen LogP contribution is -2.65. The van der Waals surface area contributed by atoms with Gasteiger partial charge in [-0.05, 0) is 12.8 Å². The summed E-state index contributed by atoms with van der Waals surface area (Å²) in [7, 11) is 0. The summed E-state index contributed by atoms with van der Waals surface area (Å²) in [6, 6.07) is -0.643. The van der Waals surface area contributed by atoms with Gasteiger partial charge in [-0.2, -0.15) is 0 Å². The lowest BCUT2D eigenvalue weighted by atomic mass is 9.71. The van der Waals surface area contributed by atoms with E-state index in [4.69, 9.17) is 9.47 Å². The monoisotopic (exact) mass is 296 g/mol. The van der Waals surface area contributed by atoms with Crippen molar-refractivity contribution in [3.05, 3.63) is 0 Å². The summed E-state index contributed by atoms with van der Waals surface area (Å²) in [4.78, 5) is 38.1. The first-order chi connectivity index (χ1) is 10.1. The average molecular weight is 296 g/mol. The third-order valence-electron chi connectivity index (χ3n) is 4.53. The van der Waals surface area contributed by atoms with Crippen molar-refractivity contribution in [2.75, 3.05) is 26.4 Å². The molecule has 0 bridgehead atoms. The second-order valence-electron chi connectivity index (χ2n) is 5.89. The van der Waals surface area contributed by atoms with E-state index in [2.05, 4.69) is 5.32 Å². The minimum atomic E-state index is -1.05. The number of carbonyl (C=O) groups is 3. The number of hydrogen-bond acceptors (Lipinski definition) is 5. The Hall–Kier alpha value is -1.47. The molecule has 0 aromatic carbocycles. The van der Waals surface area contributed by atoms with Crippen LogP contribution in [0, 0.1) is 5.41 Å². The van der Waals surface area contributed by atoms with Gasteiger partial charge in [0.2, 0.25) is 11.8 Å². The first kappa shape index (κ1) is 14.5. The van der Waals surface area contributed by atoms with Gasteiger partial charge in [-0.15, -0.1) is 0 Å². The fourth-order valence-corrected chi connectivity index (χ4v) is 3.34. The van der Waals surface area contributed by atoms with Crippen molar-refractivity contribution < 1.29 is 23.9 Å². The molecule has 21 heavy (non-hydrogen) atoms. The molecule has 2 saturated heterocycles. The predicted molar refractivity (Wildman–Crippen MR) is 71.3 cm³/mol. The molecule has 7 heteroatoms. The van der Waals surface area contributed by atoms with Crippen LogP contribution in [0.15, 0.2) is 0 Å². The molecule has 7 nitrogen and oxygen atoms in total. The predicted octanol–water partition coefficient (Wildman–Crippen LogP) is 0.431. The lowest BCUT2D eigenvalue weighted by Gasteiger charge is -2.42. The smallest absolute Gasteiger partial charge is 0.330 e. The zero-order valence-electron chi connectivity index (χ0n) is 11.9. The van der Waals surface area contributed by atoms with Gasteiger partial charge in [-0.1, -0.05) is 19.3 Å². The second-order valence-corrected chi connectivity index (χ2v) is 5.89. The zero-order valence-corrected chi connectivity index (χ0v) is 11.9. The molecule has 1 saturated carbocycles. The van der Waals surface area contributed by atoms with Crippen LogP contribution in [0.1, 0.15) is 32.1 Å². The van der Waals surface area contributed by atoms with Gasteiger partial charge in [-0.25, -0.2) is 4.79 Å². The molecule has 0 radical (unpaired) electrons. The highest BCUT2D eigenvalue weighted by molar-refractivity contribution is 6.19. The number of nitrogens with one attached hydrogen (secondary N) is 1. The molecule has 2 heterocycles. The number of rotatable bonds is 2. The van der Waals surface area contributed by atoms with Crippen molar-refractivity contribution in [1.29, 1.82) is 0 Å². The Bertz CT molecular complexity index is 452. The van der Waals surface area contributed by atoms with Crippen molar-refractivity contribution in [2.45, 2.75) is 38.2 Å². The topological polar surface area (TPSA) is 84.9 Å². The van der Waals surface area contributed by atoms with Crippen LogP contribution in [0.5, 0.6) is 0 Å². The molecule has 116 valence electrons. The second kappa shape index (κ2) is 5.73. The highest BCUT2D eigenvalue weighted by Crippen LogP contribution is 2.40. The van der Waals surface area contributed by atoms with E-state index in [0.29, 0.717) is 32.7 Å². The van der Waals surface area contributed by atoms with Crippen LogP contribution >= 0.6 is 0 Å². The maximum atomic E-state index is 12.7. The highest BCUT2D eigenvalue weighted by atomic mass is 16.6. The molecule has 3 aliphatic rings. The summed E-state index contributed by atoms with van der Waals surface area (Å²) in [5, 5.41) is 2.34. The van der Waals surface area contributed by atoms with Crippen molar-refractivity contribution in [3.63, 3.8) is 0 Å². The Kier molecular flexibility index (Phi) is 3.95. The lowest BCUT2D eigenvalue weighted by molar-refractivity contribution is -0.157. The van der Waals surface area contributed by atoms with Crippen LogP contribution in [0.2, 0.25) is 0 Å². The maximum absolute atomic E-state index is 12.7. The van der Waals surface area contributed by atoms with Crippen molar-refractivity contribution >= 4 is 17.8 Å². The van der Waals surface area contributed by atoms with Crippen molar-refractivity contribution in [2.24, 2.45) is 5.41 Å². The molecule has 1 atom stereocenters. The van der Waals surface area contributed by atoms with Crippen LogP contribution < -0.4 is 5.32 Å². The molecule has 1 aliphatic carbocycles. The van der Waals surface area contributed by atoms with Crippen molar-refractivity contribution in [1.82, 2.24) is 10.2 Å². The molecule has 1 unspecified atom stereocenters. The van der Waals surface area contributed by atoms with Gasteiger partial charge < -0.3 is 9.47 Å². The summed E-state index contributed by atoms with van der Waals surface area (Å²) in [6.45, 7) is 1.48. The molecule has 0 aromatic rings. The van der Waals surface area contributed by atoms with Gasteiger partial charge in [0.15, 0.2) is 0 Å². The molecule has 2 aliphatic heterocycles. The number of hydrogen-bond donors (Lipinski definition) is 1. The van der Waals surface area contributed by atoms with Gasteiger partial charge in [0.25, 0.3) is 0 Å². The Morgan fingerprint density at radius 2 is 1.90 bits per heavy atom. The average Bonchev–Trinajstić information content (AvgIpc) is 2.52. The van der Waals surface area contributed by atoms with E-state index in [1.165, 1.54) is 0 Å². The Labute approximate surface area is 122 Å². The fourth-order valence-electron chi connectivity index (χ4n) is 3.34. The normalized spacial score (nSPS) is 29.6. The fraction of sp³-hybridized carbons (Fsp3) is 0.786. The maximum Gasteiger partial charge on any atom is 0.330 e. The van der Waals surface area contributed by atoms with E-state index in [9.17, 15) is 14.4 Å². The number of urea groups is 1. The summed E-state index contributed by atoms with van der Waals surface area (Å²) in [5.74, 6) is -0.806. The van der Waals surface area contributed by atoms with Crippen LogP contribution in [-0.4, -0.2) is 55.2 Å². The van der Waals surface area contributed by atoms with E-state index in [0.717, 1.165) is 24.2 Å². The SMILES string of the molecule is O=C1NC(=O)C2(CCCCC2)C(=O)N1CC1COCCO1. The van der Waals surface area contributed by atoms with E-state index in [-0.39, 0.29) is 18.6 Å². The number of carbonyl (C=O) groups excluding carboxylic acids is 3. The largest absolute Gasteiger partial charge is 0.376 e. The van der Waals surface area contributed by atoms with Crippen LogP contribution in [0.3, 0.4) is 0 Å². The minimum absolute atomic E-state index is 0.139. The molecular formula is C14H20N2O5. The third kappa shape index (κ3) is 2.55. The standard InChI is InChI=1S/C14H20N2O5/c17-11-14(4-2-1-3-5-14)12(18)16(13(19)15-11)8-10-9-20-6-7-21-10/h10H,1-9H2,(H,15,17,19). The molecule has 3 fully saturated rings. The van der Waals surface area contributed by atoms with E-state index >= 15 is 0 Å². The summed E-state index contributed by atoms with van der Waals surface area (Å²) < 4.78 is 10.8. The number of nitrogens with zero attached hydrogens (tertiary/aromatic N) is 1. The van der Waals surface area contributed by atoms with Crippen LogP contribution in [0.25, 0.3) is 0 Å². The molecule has 4 amide bonds. The van der Waals surface area contributed by atoms with E-state index in [1.54, 1.807) is 0 Å². The van der Waals surface area contributed by atoms with Crippen molar-refractivity contribution in [3.8, 4) is 0 Å². The molecular weight excluding hydrogens is 276 g/mol. The Morgan fingerprint density at radius 1 is 1.14 bits per heavy atom. The Balaban J connectivity index is 1.77. The minimum Gasteiger partial charge on any atom is -0.376 e. The number of ether oxygens (including phenoxy) is 2. The van der Waals surface area contributed by atoms with Gasteiger partial charge in [0.1, 0.15) is 5.41 Å². The zero-order chi connectivity index (χ0) is 14.9. The Morgan fingerprint density at radius 3 is 2.57 bits per heavy atom. The molecule has 1 spiro atoms. The van der Waals surface area contributed by atoms with E-state index in [1.807, 2.05) is 0 Å². The molecule has 0 aromatic heterocycles. The number of amides is 4. The third-order valence-corrected chi connectivity index (χ3v) is 4.53. The molecule has 1 N–H and O–H groups in total. The van der Waals surface area contributed by atoms with Gasteiger partial charge >= 0.3 is 6.03 Å². The molecule has 3 rings (SSSR count). The first-order valence-corrected chi connectivity index (χ1v) is 7.50. The number of imide groups is 2. The summed E-state index contributed by atoms with van der Waals surface area (Å²) >= 11 is 0. The van der Waals surface area contributed by atoms with Gasteiger partial charge in [0, 0.05) is 0 Å². The van der Waals surface area contributed by atoms with E-state index < -0.39 is 17.4 Å². The van der Waals surface area contributed by atoms with Gasteiger partial charge in [0.05, 0.1) is 32.5 Å². The number of barbiturate groups is 1. The summed E-state index contributed by atoms with van der Waals surface area (Å²) in [6.07, 6.45) is 3.42. The summed E-state index contributed by atoms with van der Waals surface area (Å²) in [5.41, 5.74) is -1.05.